The van der Waals surface area contributed by atoms with Gasteiger partial charge in [0.25, 0.3) is 5.56 Å². The molecule has 138 valence electrons. The highest BCUT2D eigenvalue weighted by atomic mass is 35.5. The monoisotopic (exact) mass is 400 g/mol. The Hall–Kier alpha value is -2.64. The zero-order chi connectivity index (χ0) is 19.4. The molecule has 0 radical (unpaired) electrons. The van der Waals surface area contributed by atoms with Gasteiger partial charge in [-0.1, -0.05) is 41.6 Å². The number of anilines is 1. The smallest absolute Gasteiger partial charge is 0.262 e. The van der Waals surface area contributed by atoms with Crippen molar-refractivity contribution in [3.05, 3.63) is 70.6 Å². The Balaban J connectivity index is 1.87. The standard InChI is InChI=1S/C19H17ClN4O2S/c1-3-10-24-18(26)14-6-4-5-7-15(14)22-19(24)27-12(2)17(25)23-16-9-8-13(20)11-21-16/h3-9,11-12H,1,10H2,2H3,(H,21,23,25)/t12-/m0/s1. The average Bonchev–Trinajstić information content (AvgIpc) is 2.66. The maximum Gasteiger partial charge on any atom is 0.262 e. The van der Waals surface area contributed by atoms with E-state index in [0.717, 1.165) is 0 Å². The Bertz CT molecular complexity index is 1050. The summed E-state index contributed by atoms with van der Waals surface area (Å²) in [5.41, 5.74) is 0.437. The highest BCUT2D eigenvalue weighted by Crippen LogP contribution is 2.23. The second-order valence-corrected chi connectivity index (χ2v) is 7.47. The number of halogens is 1. The Morgan fingerprint density at radius 3 is 2.85 bits per heavy atom. The third-order valence-corrected chi connectivity index (χ3v) is 5.08. The maximum absolute atomic E-state index is 12.8. The molecule has 0 spiro atoms. The molecule has 2 aromatic heterocycles. The minimum atomic E-state index is -0.494. The fraction of sp³-hybridized carbons (Fsp3) is 0.158. The highest BCUT2D eigenvalue weighted by molar-refractivity contribution is 8.00. The van der Waals surface area contributed by atoms with Crippen LogP contribution in [0.25, 0.3) is 10.9 Å². The van der Waals surface area contributed by atoms with Gasteiger partial charge in [0.1, 0.15) is 5.82 Å². The number of hydrogen-bond donors (Lipinski definition) is 1. The molecule has 0 aliphatic heterocycles. The number of pyridine rings is 1. The van der Waals surface area contributed by atoms with Crippen LogP contribution in [0.2, 0.25) is 5.02 Å². The first-order chi connectivity index (χ1) is 13.0. The topological polar surface area (TPSA) is 76.9 Å². The molecular weight excluding hydrogens is 384 g/mol. The molecule has 6 nitrogen and oxygen atoms in total. The fourth-order valence-corrected chi connectivity index (χ4v) is 3.45. The van der Waals surface area contributed by atoms with E-state index >= 15 is 0 Å². The van der Waals surface area contributed by atoms with Crippen molar-refractivity contribution in [3.8, 4) is 0 Å². The molecule has 1 amide bonds. The molecule has 0 saturated carbocycles. The van der Waals surface area contributed by atoms with Crippen LogP contribution in [-0.4, -0.2) is 25.7 Å². The van der Waals surface area contributed by atoms with E-state index in [9.17, 15) is 9.59 Å². The minimum absolute atomic E-state index is 0.157. The van der Waals surface area contributed by atoms with Gasteiger partial charge in [-0.05, 0) is 31.2 Å². The summed E-state index contributed by atoms with van der Waals surface area (Å²) in [6.07, 6.45) is 3.09. The molecule has 0 aliphatic rings. The largest absolute Gasteiger partial charge is 0.310 e. The molecule has 0 bridgehead atoms. The normalized spacial score (nSPS) is 11.9. The third kappa shape index (κ3) is 4.37. The summed E-state index contributed by atoms with van der Waals surface area (Å²) in [7, 11) is 0. The van der Waals surface area contributed by atoms with E-state index < -0.39 is 5.25 Å². The van der Waals surface area contributed by atoms with Gasteiger partial charge >= 0.3 is 0 Å². The van der Waals surface area contributed by atoms with Gasteiger partial charge in [-0.15, -0.1) is 6.58 Å². The van der Waals surface area contributed by atoms with Gasteiger partial charge in [-0.25, -0.2) is 9.97 Å². The number of para-hydroxylation sites is 1. The maximum atomic E-state index is 12.8. The lowest BCUT2D eigenvalue weighted by Crippen LogP contribution is -2.27. The summed E-state index contributed by atoms with van der Waals surface area (Å²) in [5.74, 6) is 0.161. The number of benzene rings is 1. The van der Waals surface area contributed by atoms with Crippen molar-refractivity contribution in [2.45, 2.75) is 23.9 Å². The second-order valence-electron chi connectivity index (χ2n) is 5.73. The number of rotatable bonds is 6. The van der Waals surface area contributed by atoms with Crippen molar-refractivity contribution >= 4 is 46.0 Å². The highest BCUT2D eigenvalue weighted by Gasteiger charge is 2.19. The molecule has 0 aliphatic carbocycles. The number of amides is 1. The van der Waals surface area contributed by atoms with Crippen LogP contribution in [0.1, 0.15) is 6.92 Å². The predicted molar refractivity (Wildman–Crippen MR) is 109 cm³/mol. The van der Waals surface area contributed by atoms with E-state index in [4.69, 9.17) is 11.6 Å². The summed E-state index contributed by atoms with van der Waals surface area (Å²) < 4.78 is 1.52. The van der Waals surface area contributed by atoms with E-state index in [1.165, 1.54) is 22.5 Å². The number of fused-ring (bicyclic) bond motifs is 1. The number of aromatic nitrogens is 3. The van der Waals surface area contributed by atoms with Crippen LogP contribution in [0.5, 0.6) is 0 Å². The molecule has 1 atom stereocenters. The lowest BCUT2D eigenvalue weighted by atomic mass is 10.2. The van der Waals surface area contributed by atoms with Gasteiger partial charge in [0, 0.05) is 12.7 Å². The van der Waals surface area contributed by atoms with E-state index in [-0.39, 0.29) is 11.5 Å². The fourth-order valence-electron chi connectivity index (χ4n) is 2.42. The number of nitrogens with zero attached hydrogens (tertiary/aromatic N) is 3. The van der Waals surface area contributed by atoms with Crippen molar-refractivity contribution < 1.29 is 4.79 Å². The van der Waals surface area contributed by atoms with Gasteiger partial charge in [0.05, 0.1) is 21.2 Å². The summed E-state index contributed by atoms with van der Waals surface area (Å²) >= 11 is 7.01. The number of hydrogen-bond acceptors (Lipinski definition) is 5. The van der Waals surface area contributed by atoms with Crippen LogP contribution >= 0.6 is 23.4 Å². The van der Waals surface area contributed by atoms with Crippen molar-refractivity contribution in [1.29, 1.82) is 0 Å². The van der Waals surface area contributed by atoms with Gasteiger partial charge in [0.2, 0.25) is 5.91 Å². The summed E-state index contributed by atoms with van der Waals surface area (Å²) in [6, 6.07) is 10.4. The van der Waals surface area contributed by atoms with Gasteiger partial charge in [-0.3, -0.25) is 14.2 Å². The van der Waals surface area contributed by atoms with Gasteiger partial charge < -0.3 is 5.32 Å². The van der Waals surface area contributed by atoms with Gasteiger partial charge in [-0.2, -0.15) is 0 Å². The quantitative estimate of drug-likeness (QED) is 0.387. The lowest BCUT2D eigenvalue weighted by Gasteiger charge is -2.15. The minimum Gasteiger partial charge on any atom is -0.310 e. The number of thioether (sulfide) groups is 1. The van der Waals surface area contributed by atoms with Crippen LogP contribution in [0.3, 0.4) is 0 Å². The Labute approximate surface area is 165 Å². The Morgan fingerprint density at radius 2 is 2.15 bits per heavy atom. The molecule has 0 saturated heterocycles. The molecule has 8 heteroatoms. The molecule has 1 N–H and O–H groups in total. The molecule has 27 heavy (non-hydrogen) atoms. The molecule has 3 rings (SSSR count). The Morgan fingerprint density at radius 1 is 1.37 bits per heavy atom. The van der Waals surface area contributed by atoms with E-state index in [1.54, 1.807) is 43.3 Å². The first-order valence-corrected chi connectivity index (χ1v) is 9.45. The van der Waals surface area contributed by atoms with E-state index in [2.05, 4.69) is 21.9 Å². The number of allylic oxidation sites excluding steroid dienone is 1. The zero-order valence-corrected chi connectivity index (χ0v) is 16.1. The van der Waals surface area contributed by atoms with Crippen LogP contribution in [0.15, 0.2) is 65.2 Å². The van der Waals surface area contributed by atoms with Crippen LogP contribution in [-0.2, 0) is 11.3 Å². The zero-order valence-electron chi connectivity index (χ0n) is 14.6. The first kappa shape index (κ1) is 19.1. The second kappa shape index (κ2) is 8.37. The van der Waals surface area contributed by atoms with Crippen molar-refractivity contribution in [1.82, 2.24) is 14.5 Å². The summed E-state index contributed by atoms with van der Waals surface area (Å²) in [6.45, 7) is 5.76. The van der Waals surface area contributed by atoms with E-state index in [0.29, 0.717) is 33.4 Å². The van der Waals surface area contributed by atoms with Crippen molar-refractivity contribution in [3.63, 3.8) is 0 Å². The summed E-state index contributed by atoms with van der Waals surface area (Å²) in [4.78, 5) is 33.8. The van der Waals surface area contributed by atoms with E-state index in [1.807, 2.05) is 6.07 Å². The van der Waals surface area contributed by atoms with Crippen LogP contribution in [0, 0.1) is 0 Å². The Kier molecular flexibility index (Phi) is 5.93. The number of carbonyl (C=O) groups excluding carboxylic acids is 1. The van der Waals surface area contributed by atoms with Crippen molar-refractivity contribution in [2.24, 2.45) is 0 Å². The van der Waals surface area contributed by atoms with Crippen molar-refractivity contribution in [2.75, 3.05) is 5.32 Å². The lowest BCUT2D eigenvalue weighted by molar-refractivity contribution is -0.115. The molecule has 1 aromatic carbocycles. The van der Waals surface area contributed by atoms with Gasteiger partial charge in [0.15, 0.2) is 5.16 Å². The predicted octanol–water partition coefficient (Wildman–Crippen LogP) is 3.75. The summed E-state index contributed by atoms with van der Waals surface area (Å²) in [5, 5.41) is 3.72. The average molecular weight is 401 g/mol. The number of carbonyl (C=O) groups is 1. The first-order valence-electron chi connectivity index (χ1n) is 8.19. The SMILES string of the molecule is C=CCn1c(S[C@@H](C)C(=O)Nc2ccc(Cl)cn2)nc2ccccc2c1=O. The molecule has 0 fully saturated rings. The molecule has 3 aromatic rings. The molecular formula is C19H17ClN4O2S. The number of nitrogens with one attached hydrogen (secondary N) is 1. The third-order valence-electron chi connectivity index (χ3n) is 3.77. The molecule has 2 heterocycles. The molecule has 0 unspecified atom stereocenters. The van der Waals surface area contributed by atoms with Crippen LogP contribution in [0.4, 0.5) is 5.82 Å². The van der Waals surface area contributed by atoms with Crippen LogP contribution < -0.4 is 10.9 Å².